The molecule has 0 fully saturated rings. The molecule has 1 N–H and O–H groups in total. The lowest BCUT2D eigenvalue weighted by Crippen LogP contribution is -2.52. The van der Waals surface area contributed by atoms with Crippen LogP contribution in [0.3, 0.4) is 0 Å². The molecule has 35 heavy (non-hydrogen) atoms. The molecule has 0 unspecified atom stereocenters. The number of carbonyl (C=O) groups excluding carboxylic acids is 3. The Kier molecular flexibility index (Phi) is 8.50. The number of nitrogens with one attached hydrogen (secondary N) is 1. The first kappa shape index (κ1) is 26.2. The predicted octanol–water partition coefficient (Wildman–Crippen LogP) is 2.56. The molecule has 9 nitrogen and oxygen atoms in total. The summed E-state index contributed by atoms with van der Waals surface area (Å²) in [4.78, 5) is 40.6. The number of hydrogen-bond donors (Lipinski definition) is 1. The summed E-state index contributed by atoms with van der Waals surface area (Å²) < 4.78 is 31.8. The van der Waals surface area contributed by atoms with Gasteiger partial charge in [-0.15, -0.1) is 0 Å². The monoisotopic (exact) mass is 501 g/mol. The van der Waals surface area contributed by atoms with Gasteiger partial charge in [-0.3, -0.25) is 14.4 Å². The maximum atomic E-state index is 13.5. The van der Waals surface area contributed by atoms with Crippen molar-refractivity contribution >= 4 is 27.7 Å². The number of benzene rings is 2. The zero-order chi connectivity index (χ0) is 25.6. The lowest BCUT2D eigenvalue weighted by molar-refractivity contribution is -0.141. The van der Waals surface area contributed by atoms with E-state index in [0.29, 0.717) is 28.6 Å². The third-order valence-corrected chi connectivity index (χ3v) is 7.68. The number of nitrogens with zero attached hydrogens (tertiary/aromatic N) is 2. The van der Waals surface area contributed by atoms with Gasteiger partial charge < -0.3 is 15.0 Å². The normalized spacial score (nSPS) is 14.8. The summed E-state index contributed by atoms with van der Waals surface area (Å²) in [6.07, 6.45) is 2.01. The van der Waals surface area contributed by atoms with Crippen molar-refractivity contribution in [2.24, 2.45) is 0 Å². The minimum Gasteiger partial charge on any atom is -0.497 e. The Bertz CT molecular complexity index is 1200. The molecule has 0 bridgehead atoms. The maximum absolute atomic E-state index is 13.5. The SMILES string of the molecule is CCCCNC(=O)[C@@H](CC)N(Cc1cccc(OC)c1)C(=O)CN1C(=O)c2ccccc2S1(=O)=O. The number of hydrogen-bond acceptors (Lipinski definition) is 6. The Labute approximate surface area is 206 Å². The fourth-order valence-electron chi connectivity index (χ4n) is 3.99. The van der Waals surface area contributed by atoms with Crippen molar-refractivity contribution in [3.8, 4) is 5.75 Å². The molecule has 1 aliphatic heterocycles. The van der Waals surface area contributed by atoms with E-state index in [1.165, 1.54) is 30.2 Å². The van der Waals surface area contributed by atoms with Crippen molar-refractivity contribution in [3.05, 3.63) is 59.7 Å². The first-order valence-electron chi connectivity index (χ1n) is 11.6. The minimum absolute atomic E-state index is 0.0315. The summed E-state index contributed by atoms with van der Waals surface area (Å²) in [5, 5.41) is 2.85. The summed E-state index contributed by atoms with van der Waals surface area (Å²) >= 11 is 0. The fraction of sp³-hybridized carbons (Fsp3) is 0.400. The molecule has 0 saturated heterocycles. The van der Waals surface area contributed by atoms with E-state index in [-0.39, 0.29) is 22.9 Å². The number of methoxy groups -OCH3 is 1. The van der Waals surface area contributed by atoms with E-state index in [0.717, 1.165) is 12.8 Å². The molecule has 10 heteroatoms. The molecule has 3 amide bonds. The van der Waals surface area contributed by atoms with Crippen LogP contribution in [0, 0.1) is 0 Å². The second kappa shape index (κ2) is 11.4. The molecule has 2 aromatic rings. The van der Waals surface area contributed by atoms with Gasteiger partial charge in [0.2, 0.25) is 11.8 Å². The van der Waals surface area contributed by atoms with Gasteiger partial charge in [0.05, 0.1) is 12.7 Å². The van der Waals surface area contributed by atoms with E-state index in [9.17, 15) is 22.8 Å². The number of sulfonamides is 1. The highest BCUT2D eigenvalue weighted by Crippen LogP contribution is 2.30. The van der Waals surface area contributed by atoms with Crippen molar-refractivity contribution in [1.82, 2.24) is 14.5 Å². The first-order valence-corrected chi connectivity index (χ1v) is 13.0. The first-order chi connectivity index (χ1) is 16.7. The van der Waals surface area contributed by atoms with Crippen LogP contribution in [0.2, 0.25) is 0 Å². The highest BCUT2D eigenvalue weighted by molar-refractivity contribution is 7.90. The zero-order valence-electron chi connectivity index (χ0n) is 20.2. The van der Waals surface area contributed by atoms with Crippen molar-refractivity contribution in [2.75, 3.05) is 20.2 Å². The molecular formula is C25H31N3O6S. The van der Waals surface area contributed by atoms with E-state index < -0.39 is 34.4 Å². The van der Waals surface area contributed by atoms with Gasteiger partial charge in [0.1, 0.15) is 23.2 Å². The maximum Gasteiger partial charge on any atom is 0.269 e. The van der Waals surface area contributed by atoms with Gasteiger partial charge in [0.25, 0.3) is 15.9 Å². The molecule has 0 aliphatic carbocycles. The molecule has 1 atom stereocenters. The van der Waals surface area contributed by atoms with Gasteiger partial charge in [-0.05, 0) is 42.7 Å². The summed E-state index contributed by atoms with van der Waals surface area (Å²) in [5.41, 5.74) is 0.736. The van der Waals surface area contributed by atoms with Crippen LogP contribution in [0.25, 0.3) is 0 Å². The molecule has 2 aromatic carbocycles. The zero-order valence-corrected chi connectivity index (χ0v) is 21.0. The predicted molar refractivity (Wildman–Crippen MR) is 130 cm³/mol. The topological polar surface area (TPSA) is 113 Å². The summed E-state index contributed by atoms with van der Waals surface area (Å²) in [5.74, 6) is -1.13. The van der Waals surface area contributed by atoms with Crippen LogP contribution in [-0.2, 0) is 26.2 Å². The Morgan fingerprint density at radius 2 is 1.86 bits per heavy atom. The number of fused-ring (bicyclic) bond motifs is 1. The molecular weight excluding hydrogens is 470 g/mol. The van der Waals surface area contributed by atoms with Gasteiger partial charge in [0, 0.05) is 13.1 Å². The van der Waals surface area contributed by atoms with Crippen LogP contribution < -0.4 is 10.1 Å². The highest BCUT2D eigenvalue weighted by atomic mass is 32.2. The molecule has 0 aromatic heterocycles. The smallest absolute Gasteiger partial charge is 0.269 e. The number of rotatable bonds is 11. The third-order valence-electron chi connectivity index (χ3n) is 5.89. The quantitative estimate of drug-likeness (QED) is 0.474. The van der Waals surface area contributed by atoms with Crippen molar-refractivity contribution in [1.29, 1.82) is 0 Å². The van der Waals surface area contributed by atoms with Crippen molar-refractivity contribution < 1.29 is 27.5 Å². The summed E-state index contributed by atoms with van der Waals surface area (Å²) in [6, 6.07) is 12.1. The number of carbonyl (C=O) groups is 3. The average Bonchev–Trinajstić information content (AvgIpc) is 3.04. The second-order valence-electron chi connectivity index (χ2n) is 8.25. The molecule has 188 valence electrons. The van der Waals surface area contributed by atoms with Crippen molar-refractivity contribution in [3.63, 3.8) is 0 Å². The molecule has 1 heterocycles. The van der Waals surface area contributed by atoms with Crippen LogP contribution in [0.5, 0.6) is 5.75 Å². The Morgan fingerprint density at radius 1 is 1.11 bits per heavy atom. The van der Waals surface area contributed by atoms with E-state index in [2.05, 4.69) is 5.32 Å². The molecule has 0 spiro atoms. The lowest BCUT2D eigenvalue weighted by Gasteiger charge is -2.31. The van der Waals surface area contributed by atoms with E-state index in [1.807, 2.05) is 6.92 Å². The van der Waals surface area contributed by atoms with Crippen molar-refractivity contribution in [2.45, 2.75) is 50.6 Å². The van der Waals surface area contributed by atoms with Crippen LogP contribution >= 0.6 is 0 Å². The minimum atomic E-state index is -4.16. The third kappa shape index (κ3) is 5.64. The Balaban J connectivity index is 1.91. The number of ether oxygens (including phenoxy) is 1. The molecule has 0 radical (unpaired) electrons. The van der Waals surface area contributed by atoms with Gasteiger partial charge in [-0.25, -0.2) is 12.7 Å². The molecule has 3 rings (SSSR count). The van der Waals surface area contributed by atoms with Gasteiger partial charge >= 0.3 is 0 Å². The van der Waals surface area contributed by atoms with Crippen LogP contribution in [-0.4, -0.2) is 61.6 Å². The Hall–Kier alpha value is -3.40. The molecule has 1 aliphatic rings. The summed E-state index contributed by atoms with van der Waals surface area (Å²) in [7, 11) is -2.63. The second-order valence-corrected chi connectivity index (χ2v) is 10.1. The van der Waals surface area contributed by atoms with E-state index in [4.69, 9.17) is 4.74 Å². The fourth-order valence-corrected chi connectivity index (χ4v) is 5.51. The Morgan fingerprint density at radius 3 is 2.51 bits per heavy atom. The standard InChI is InChI=1S/C25H31N3O6S/c1-4-6-14-26-24(30)21(5-2)27(16-18-10-9-11-19(15-18)34-3)23(29)17-28-25(31)20-12-7-8-13-22(20)35(28,32)33/h7-13,15,21H,4-6,14,16-17H2,1-3H3,(H,26,30)/t21-/m1/s1. The number of unbranched alkanes of at least 4 members (excludes halogenated alkanes) is 1. The van der Waals surface area contributed by atoms with Gasteiger partial charge in [-0.1, -0.05) is 44.5 Å². The van der Waals surface area contributed by atoms with E-state index >= 15 is 0 Å². The average molecular weight is 502 g/mol. The highest BCUT2D eigenvalue weighted by Gasteiger charge is 2.43. The molecule has 0 saturated carbocycles. The van der Waals surface area contributed by atoms with E-state index in [1.54, 1.807) is 37.3 Å². The van der Waals surface area contributed by atoms with Crippen LogP contribution in [0.15, 0.2) is 53.4 Å². The van der Waals surface area contributed by atoms with Gasteiger partial charge in [0.15, 0.2) is 0 Å². The van der Waals surface area contributed by atoms with Gasteiger partial charge in [-0.2, -0.15) is 0 Å². The summed E-state index contributed by atoms with van der Waals surface area (Å²) in [6.45, 7) is 3.61. The van der Waals surface area contributed by atoms with Crippen LogP contribution in [0.4, 0.5) is 0 Å². The largest absolute Gasteiger partial charge is 0.497 e. The number of amides is 3. The van der Waals surface area contributed by atoms with Crippen LogP contribution in [0.1, 0.15) is 49.0 Å². The lowest BCUT2D eigenvalue weighted by atomic mass is 10.1.